The number of anilines is 1. The van der Waals surface area contributed by atoms with Crippen LogP contribution in [0, 0.1) is 5.82 Å². The Morgan fingerprint density at radius 1 is 1.05 bits per heavy atom. The van der Waals surface area contributed by atoms with Gasteiger partial charge in [0.25, 0.3) is 0 Å². The molecular weight excluding hydrogens is 264 g/mol. The number of aromatic nitrogens is 2. The van der Waals surface area contributed by atoms with Crippen molar-refractivity contribution in [3.63, 3.8) is 0 Å². The number of nitrogens with zero attached hydrogens (tertiary/aromatic N) is 2. The van der Waals surface area contributed by atoms with Gasteiger partial charge in [-0.3, -0.25) is 4.98 Å². The van der Waals surface area contributed by atoms with Gasteiger partial charge in [-0.15, -0.1) is 0 Å². The number of alkyl halides is 3. The molecule has 0 aliphatic carbocycles. The summed E-state index contributed by atoms with van der Waals surface area (Å²) in [4.78, 5) is 7.64. The molecule has 1 aromatic heterocycles. The highest BCUT2D eigenvalue weighted by Gasteiger charge is 2.31. The minimum Gasteiger partial charge on any atom is -0.307 e. The molecular formula is C11H8F4N4. The van der Waals surface area contributed by atoms with Crippen LogP contribution in [0.25, 0.3) is 11.3 Å². The number of hydrogen-bond donors (Lipinski definition) is 2. The molecule has 4 nitrogen and oxygen atoms in total. The zero-order chi connectivity index (χ0) is 14.0. The number of nitrogen functional groups attached to an aromatic ring is 1. The first-order chi connectivity index (χ1) is 8.91. The topological polar surface area (TPSA) is 63.8 Å². The Bertz CT molecular complexity index is 597. The Kier molecular flexibility index (Phi) is 3.34. The summed E-state index contributed by atoms with van der Waals surface area (Å²) >= 11 is 0. The van der Waals surface area contributed by atoms with Crippen molar-refractivity contribution in [2.75, 3.05) is 5.43 Å². The lowest BCUT2D eigenvalue weighted by Crippen LogP contribution is -2.11. The number of halogens is 4. The number of hydrazine groups is 1. The number of benzene rings is 1. The van der Waals surface area contributed by atoms with Crippen molar-refractivity contribution in [1.29, 1.82) is 0 Å². The molecule has 0 aliphatic heterocycles. The van der Waals surface area contributed by atoms with Crippen LogP contribution in [0.1, 0.15) is 5.56 Å². The molecule has 19 heavy (non-hydrogen) atoms. The van der Waals surface area contributed by atoms with Crippen molar-refractivity contribution in [2.45, 2.75) is 6.18 Å². The molecule has 0 aliphatic rings. The van der Waals surface area contributed by atoms with E-state index in [-0.39, 0.29) is 17.1 Å². The van der Waals surface area contributed by atoms with Gasteiger partial charge in [0.05, 0.1) is 5.56 Å². The Balaban J connectivity index is 2.60. The first kappa shape index (κ1) is 13.2. The van der Waals surface area contributed by atoms with Crippen LogP contribution in [-0.4, -0.2) is 9.97 Å². The number of hydrogen-bond acceptors (Lipinski definition) is 4. The minimum atomic E-state index is -4.64. The molecule has 3 N–H and O–H groups in total. The average Bonchev–Trinajstić information content (AvgIpc) is 2.37. The monoisotopic (exact) mass is 272 g/mol. The second kappa shape index (κ2) is 4.81. The summed E-state index contributed by atoms with van der Waals surface area (Å²) in [5.74, 6) is 4.22. The van der Waals surface area contributed by atoms with Crippen molar-refractivity contribution < 1.29 is 17.6 Å². The lowest BCUT2D eigenvalue weighted by Gasteiger charge is -2.10. The van der Waals surface area contributed by atoms with E-state index in [2.05, 4.69) is 15.4 Å². The van der Waals surface area contributed by atoms with Crippen molar-refractivity contribution in [2.24, 2.45) is 5.84 Å². The summed E-state index contributed by atoms with van der Waals surface area (Å²) in [5, 5.41) is 0. The molecule has 100 valence electrons. The van der Waals surface area contributed by atoms with Gasteiger partial charge in [0.2, 0.25) is 0 Å². The van der Waals surface area contributed by atoms with E-state index in [1.165, 1.54) is 12.4 Å². The van der Waals surface area contributed by atoms with Crippen LogP contribution in [0.15, 0.2) is 30.6 Å². The van der Waals surface area contributed by atoms with E-state index in [1.807, 2.05) is 0 Å². The van der Waals surface area contributed by atoms with Gasteiger partial charge in [-0.1, -0.05) is 0 Å². The summed E-state index contributed by atoms with van der Waals surface area (Å²) in [6, 6.07) is 2.13. The molecule has 0 spiro atoms. The van der Waals surface area contributed by atoms with E-state index in [1.54, 1.807) is 0 Å². The van der Waals surface area contributed by atoms with E-state index >= 15 is 0 Å². The molecule has 0 fully saturated rings. The van der Waals surface area contributed by atoms with Gasteiger partial charge >= 0.3 is 6.18 Å². The fourth-order valence-electron chi connectivity index (χ4n) is 1.54. The van der Waals surface area contributed by atoms with Crippen molar-refractivity contribution in [1.82, 2.24) is 9.97 Å². The molecule has 1 aromatic carbocycles. The second-order valence-corrected chi connectivity index (χ2v) is 3.62. The lowest BCUT2D eigenvalue weighted by molar-refractivity contribution is -0.137. The third kappa shape index (κ3) is 2.79. The molecule has 0 atom stereocenters. The van der Waals surface area contributed by atoms with Crippen molar-refractivity contribution in [3.8, 4) is 11.3 Å². The van der Waals surface area contributed by atoms with Crippen LogP contribution >= 0.6 is 0 Å². The third-order valence-corrected chi connectivity index (χ3v) is 2.33. The van der Waals surface area contributed by atoms with Crippen LogP contribution in [-0.2, 0) is 6.18 Å². The molecule has 0 amide bonds. The minimum absolute atomic E-state index is 0.0370. The molecule has 0 radical (unpaired) electrons. The van der Waals surface area contributed by atoms with Gasteiger partial charge < -0.3 is 5.43 Å². The zero-order valence-corrected chi connectivity index (χ0v) is 9.37. The predicted molar refractivity (Wildman–Crippen MR) is 60.2 cm³/mol. The van der Waals surface area contributed by atoms with Crippen LogP contribution in [0.3, 0.4) is 0 Å². The first-order valence-electron chi connectivity index (χ1n) is 5.07. The van der Waals surface area contributed by atoms with Crippen LogP contribution in [0.4, 0.5) is 23.4 Å². The summed E-state index contributed by atoms with van der Waals surface area (Å²) < 4.78 is 51.1. The maximum Gasteiger partial charge on any atom is 0.416 e. The fraction of sp³-hybridized carbons (Fsp3) is 0.0909. The highest BCUT2D eigenvalue weighted by atomic mass is 19.4. The van der Waals surface area contributed by atoms with E-state index in [0.29, 0.717) is 6.07 Å². The molecule has 2 aromatic rings. The van der Waals surface area contributed by atoms with Gasteiger partial charge in [-0.25, -0.2) is 15.2 Å². The van der Waals surface area contributed by atoms with Gasteiger partial charge in [0.15, 0.2) is 5.82 Å². The van der Waals surface area contributed by atoms with Gasteiger partial charge in [-0.2, -0.15) is 13.2 Å². The summed E-state index contributed by atoms with van der Waals surface area (Å²) in [5.41, 5.74) is 1.07. The number of nitrogens with one attached hydrogen (secondary N) is 1. The third-order valence-electron chi connectivity index (χ3n) is 2.33. The predicted octanol–water partition coefficient (Wildman–Crippen LogP) is 2.59. The smallest absolute Gasteiger partial charge is 0.307 e. The molecule has 0 saturated heterocycles. The number of rotatable bonds is 2. The molecule has 0 unspecified atom stereocenters. The van der Waals surface area contributed by atoms with Crippen LogP contribution in [0.2, 0.25) is 0 Å². The molecule has 0 saturated carbocycles. The standard InChI is InChI=1S/C11H8F4N4/c12-8-4-6(3-7(5-8)11(13,14)15)9-10(19-16)18-2-1-17-9/h1-5H,16H2,(H,18,19). The maximum atomic E-state index is 13.3. The molecule has 1 heterocycles. The van der Waals surface area contributed by atoms with Crippen LogP contribution < -0.4 is 11.3 Å². The maximum absolute atomic E-state index is 13.3. The largest absolute Gasteiger partial charge is 0.416 e. The SMILES string of the molecule is NNc1nccnc1-c1cc(F)cc(C(F)(F)F)c1. The average molecular weight is 272 g/mol. The van der Waals surface area contributed by atoms with E-state index in [9.17, 15) is 17.6 Å². The van der Waals surface area contributed by atoms with E-state index in [0.717, 1.165) is 12.1 Å². The van der Waals surface area contributed by atoms with Gasteiger partial charge in [0.1, 0.15) is 11.5 Å². The second-order valence-electron chi connectivity index (χ2n) is 3.62. The van der Waals surface area contributed by atoms with Gasteiger partial charge in [-0.05, 0) is 18.2 Å². The summed E-state index contributed by atoms with van der Waals surface area (Å²) in [7, 11) is 0. The highest BCUT2D eigenvalue weighted by molar-refractivity contribution is 5.71. The van der Waals surface area contributed by atoms with E-state index < -0.39 is 17.6 Å². The van der Waals surface area contributed by atoms with E-state index in [4.69, 9.17) is 5.84 Å². The molecule has 8 heteroatoms. The summed E-state index contributed by atoms with van der Waals surface area (Å²) in [6.07, 6.45) is -2.06. The fourth-order valence-corrected chi connectivity index (χ4v) is 1.54. The Morgan fingerprint density at radius 2 is 1.74 bits per heavy atom. The molecule has 0 bridgehead atoms. The van der Waals surface area contributed by atoms with Crippen LogP contribution in [0.5, 0.6) is 0 Å². The lowest BCUT2D eigenvalue weighted by atomic mass is 10.1. The summed E-state index contributed by atoms with van der Waals surface area (Å²) in [6.45, 7) is 0. The first-order valence-corrected chi connectivity index (χ1v) is 5.07. The Morgan fingerprint density at radius 3 is 2.37 bits per heavy atom. The molecule has 2 rings (SSSR count). The van der Waals surface area contributed by atoms with Crippen molar-refractivity contribution in [3.05, 3.63) is 42.0 Å². The highest BCUT2D eigenvalue weighted by Crippen LogP contribution is 2.33. The zero-order valence-electron chi connectivity index (χ0n) is 9.37. The quantitative estimate of drug-likeness (QED) is 0.501. The van der Waals surface area contributed by atoms with Gasteiger partial charge in [0, 0.05) is 18.0 Å². The Labute approximate surface area is 105 Å². The van der Waals surface area contributed by atoms with Crippen molar-refractivity contribution >= 4 is 5.82 Å². The normalized spacial score (nSPS) is 11.4. The number of nitrogens with two attached hydrogens (primary N) is 1. The Hall–Kier alpha value is -2.22.